The number of anilines is 1. The Balaban J connectivity index is 2.79. The summed E-state index contributed by atoms with van der Waals surface area (Å²) in [6.07, 6.45) is 1.62. The molecule has 0 unspecified atom stereocenters. The highest BCUT2D eigenvalue weighted by Crippen LogP contribution is 2.31. The molecule has 17 heavy (non-hydrogen) atoms. The van der Waals surface area contributed by atoms with Crippen LogP contribution in [0.15, 0.2) is 24.4 Å². The summed E-state index contributed by atoms with van der Waals surface area (Å²) >= 11 is 5.80. The number of nitrogens with zero attached hydrogens (tertiary/aromatic N) is 2. The second kappa shape index (κ2) is 4.30. The van der Waals surface area contributed by atoms with Gasteiger partial charge in [-0.2, -0.15) is 0 Å². The van der Waals surface area contributed by atoms with E-state index in [1.54, 1.807) is 25.3 Å². The average molecular weight is 253 g/mol. The minimum atomic E-state index is -0.534. The fourth-order valence-corrected chi connectivity index (χ4v) is 1.81. The van der Waals surface area contributed by atoms with Crippen LogP contribution in [-0.2, 0) is 4.79 Å². The van der Waals surface area contributed by atoms with Gasteiger partial charge >= 0.3 is 0 Å². The highest BCUT2D eigenvalue weighted by atomic mass is 35.5. The highest BCUT2D eigenvalue weighted by Gasteiger charge is 2.17. The van der Waals surface area contributed by atoms with E-state index in [1.165, 1.54) is 13.0 Å². The van der Waals surface area contributed by atoms with Crippen LogP contribution in [0.1, 0.15) is 12.6 Å². The quantitative estimate of drug-likeness (QED) is 0.731. The number of aromatic nitrogens is 1. The molecule has 0 saturated heterocycles. The van der Waals surface area contributed by atoms with Gasteiger partial charge in [0.05, 0.1) is 0 Å². The van der Waals surface area contributed by atoms with Crippen LogP contribution in [0.5, 0.6) is 0 Å². The van der Waals surface area contributed by atoms with Crippen LogP contribution >= 0.6 is 11.8 Å². The monoisotopic (exact) mass is 252 g/mol. The third kappa shape index (κ3) is 2.08. The van der Waals surface area contributed by atoms with E-state index in [0.717, 1.165) is 15.5 Å². The van der Waals surface area contributed by atoms with Gasteiger partial charge in [-0.3, -0.25) is 9.78 Å². The Morgan fingerprint density at radius 2 is 2.18 bits per heavy atom. The molecule has 0 saturated carbocycles. The minimum Gasteiger partial charge on any atom is -0.274 e. The molecule has 5 heteroatoms. The number of pyridine rings is 1. The van der Waals surface area contributed by atoms with Gasteiger partial charge in [-0.1, -0.05) is 0 Å². The second-order valence-corrected chi connectivity index (χ2v) is 4.08. The molecule has 1 heterocycles. The lowest BCUT2D eigenvalue weighted by Gasteiger charge is -2.15. The number of aryl methyl sites for hydroxylation is 1. The van der Waals surface area contributed by atoms with Crippen LogP contribution in [0, 0.1) is 12.7 Å². The zero-order valence-electron chi connectivity index (χ0n) is 9.37. The maximum Gasteiger partial charge on any atom is 0.238 e. The molecule has 0 aliphatic heterocycles. The summed E-state index contributed by atoms with van der Waals surface area (Å²) in [5.74, 6) is -0.971. The summed E-state index contributed by atoms with van der Waals surface area (Å²) in [5.41, 5.74) is 0.806. The molecule has 1 aromatic carbocycles. The molecule has 0 atom stereocenters. The fraction of sp³-hybridized carbons (Fsp3) is 0.167. The van der Waals surface area contributed by atoms with Crippen molar-refractivity contribution in [3.63, 3.8) is 0 Å². The first-order valence-corrected chi connectivity index (χ1v) is 5.36. The topological polar surface area (TPSA) is 33.2 Å². The van der Waals surface area contributed by atoms with E-state index in [9.17, 15) is 9.18 Å². The maximum absolute atomic E-state index is 13.8. The molecule has 2 aromatic rings. The van der Waals surface area contributed by atoms with Crippen LogP contribution in [-0.4, -0.2) is 10.9 Å². The van der Waals surface area contributed by atoms with E-state index in [0.29, 0.717) is 5.39 Å². The Labute approximate surface area is 103 Å². The molecule has 3 nitrogen and oxygen atoms in total. The molecule has 0 fully saturated rings. The molecule has 0 spiro atoms. The molecule has 0 N–H and O–H groups in total. The number of halogens is 2. The number of fused-ring (bicyclic) bond motifs is 1. The van der Waals surface area contributed by atoms with Crippen LogP contribution in [0.3, 0.4) is 0 Å². The van der Waals surface area contributed by atoms with Crippen molar-refractivity contribution in [2.75, 3.05) is 4.42 Å². The lowest BCUT2D eigenvalue weighted by Crippen LogP contribution is -2.18. The number of carbonyl (C=O) groups excluding carboxylic acids is 1. The summed E-state index contributed by atoms with van der Waals surface area (Å²) in [6.45, 7) is 3.07. The van der Waals surface area contributed by atoms with Crippen molar-refractivity contribution in [3.8, 4) is 0 Å². The van der Waals surface area contributed by atoms with E-state index < -0.39 is 11.7 Å². The number of hydrogen-bond donors (Lipinski definition) is 0. The first-order valence-electron chi connectivity index (χ1n) is 5.02. The third-order valence-corrected chi connectivity index (χ3v) is 2.84. The van der Waals surface area contributed by atoms with Gasteiger partial charge in [-0.05, 0) is 25.1 Å². The van der Waals surface area contributed by atoms with Gasteiger partial charge < -0.3 is 0 Å². The highest BCUT2D eigenvalue weighted by molar-refractivity contribution is 6.37. The summed E-state index contributed by atoms with van der Waals surface area (Å²) in [7, 11) is 0. The van der Waals surface area contributed by atoms with Crippen molar-refractivity contribution in [2.24, 2.45) is 0 Å². The Bertz CT molecular complexity index is 595. The van der Waals surface area contributed by atoms with Gasteiger partial charge in [0, 0.05) is 41.4 Å². The third-order valence-electron chi connectivity index (χ3n) is 2.43. The molecule has 1 aromatic heterocycles. The zero-order chi connectivity index (χ0) is 12.6. The van der Waals surface area contributed by atoms with Crippen molar-refractivity contribution in [1.29, 1.82) is 0 Å². The van der Waals surface area contributed by atoms with E-state index in [1.807, 2.05) is 0 Å². The molecule has 0 aliphatic carbocycles. The largest absolute Gasteiger partial charge is 0.274 e. The lowest BCUT2D eigenvalue weighted by molar-refractivity contribution is -0.115. The first kappa shape index (κ1) is 11.8. The molecule has 0 radical (unpaired) electrons. The zero-order valence-corrected chi connectivity index (χ0v) is 10.1. The van der Waals surface area contributed by atoms with E-state index in [4.69, 9.17) is 11.8 Å². The Kier molecular flexibility index (Phi) is 2.98. The van der Waals surface area contributed by atoms with Gasteiger partial charge in [0.2, 0.25) is 5.91 Å². The molecule has 1 amide bonds. The summed E-state index contributed by atoms with van der Waals surface area (Å²) in [4.78, 5) is 15.4. The van der Waals surface area contributed by atoms with Crippen LogP contribution in [0.25, 0.3) is 10.8 Å². The fourth-order valence-electron chi connectivity index (χ4n) is 1.64. The Morgan fingerprint density at radius 1 is 1.47 bits per heavy atom. The standard InChI is InChI=1S/C12H10ClFN2O/c1-7-5-10-9(6-15-7)3-4-11(14)12(10)16(13)8(2)17/h3-6H,1-2H3. The van der Waals surface area contributed by atoms with Crippen molar-refractivity contribution in [1.82, 2.24) is 4.98 Å². The van der Waals surface area contributed by atoms with Crippen molar-refractivity contribution < 1.29 is 9.18 Å². The smallest absolute Gasteiger partial charge is 0.238 e. The molecular formula is C12H10ClFN2O. The van der Waals surface area contributed by atoms with Crippen molar-refractivity contribution in [3.05, 3.63) is 35.9 Å². The number of amides is 1. The summed E-state index contributed by atoms with van der Waals surface area (Å²) in [5, 5.41) is 1.31. The van der Waals surface area contributed by atoms with Gasteiger partial charge in [-0.15, -0.1) is 0 Å². The van der Waals surface area contributed by atoms with Gasteiger partial charge in [0.1, 0.15) is 11.5 Å². The second-order valence-electron chi connectivity index (χ2n) is 3.74. The number of benzene rings is 1. The SMILES string of the molecule is CC(=O)N(Cl)c1c(F)ccc2cnc(C)cc12. The first-order chi connectivity index (χ1) is 8.00. The van der Waals surface area contributed by atoms with Crippen molar-refractivity contribution >= 4 is 34.1 Å². The van der Waals surface area contributed by atoms with E-state index in [2.05, 4.69) is 4.98 Å². The molecule has 0 bridgehead atoms. The summed E-state index contributed by atoms with van der Waals surface area (Å²) in [6, 6.07) is 4.57. The van der Waals surface area contributed by atoms with Gasteiger partial charge in [0.25, 0.3) is 0 Å². The maximum atomic E-state index is 13.8. The van der Waals surface area contributed by atoms with Crippen LogP contribution in [0.4, 0.5) is 10.1 Å². The molecule has 88 valence electrons. The number of rotatable bonds is 1. The van der Waals surface area contributed by atoms with Crippen LogP contribution in [0.2, 0.25) is 0 Å². The Morgan fingerprint density at radius 3 is 2.82 bits per heavy atom. The lowest BCUT2D eigenvalue weighted by atomic mass is 10.1. The number of carbonyl (C=O) groups is 1. The van der Waals surface area contributed by atoms with Crippen LogP contribution < -0.4 is 4.42 Å². The molecule has 0 aliphatic rings. The predicted octanol–water partition coefficient (Wildman–Crippen LogP) is 3.19. The Hall–Kier alpha value is -1.68. The molecule has 2 rings (SSSR count). The van der Waals surface area contributed by atoms with Gasteiger partial charge in [0.15, 0.2) is 0 Å². The molecular weight excluding hydrogens is 243 g/mol. The summed E-state index contributed by atoms with van der Waals surface area (Å²) < 4.78 is 14.6. The number of hydrogen-bond acceptors (Lipinski definition) is 2. The average Bonchev–Trinajstić information content (AvgIpc) is 2.27. The van der Waals surface area contributed by atoms with Crippen molar-refractivity contribution in [2.45, 2.75) is 13.8 Å². The normalized spacial score (nSPS) is 10.6. The van der Waals surface area contributed by atoms with Gasteiger partial charge in [-0.25, -0.2) is 8.81 Å². The van der Waals surface area contributed by atoms with E-state index in [-0.39, 0.29) is 5.69 Å². The minimum absolute atomic E-state index is 0.0715. The predicted molar refractivity (Wildman–Crippen MR) is 65.5 cm³/mol. The van der Waals surface area contributed by atoms with E-state index >= 15 is 0 Å².